The van der Waals surface area contributed by atoms with E-state index in [1.54, 1.807) is 12.1 Å². The van der Waals surface area contributed by atoms with Crippen molar-refractivity contribution in [2.24, 2.45) is 0 Å². The third-order valence-corrected chi connectivity index (χ3v) is 3.67. The molecule has 0 bridgehead atoms. The molecule has 1 aromatic rings. The molecule has 1 aromatic carbocycles. The number of hydrogen-bond acceptors (Lipinski definition) is 5. The quantitative estimate of drug-likeness (QED) is 0.467. The van der Waals surface area contributed by atoms with E-state index in [9.17, 15) is 10.1 Å². The second kappa shape index (κ2) is 6.72. The van der Waals surface area contributed by atoms with Gasteiger partial charge in [-0.1, -0.05) is 12.1 Å². The summed E-state index contributed by atoms with van der Waals surface area (Å²) in [6.45, 7) is 1.47. The van der Waals surface area contributed by atoms with Crippen molar-refractivity contribution in [3.05, 3.63) is 34.4 Å². The van der Waals surface area contributed by atoms with Gasteiger partial charge in [0.05, 0.1) is 23.0 Å². The van der Waals surface area contributed by atoms with Gasteiger partial charge in [-0.05, 0) is 12.5 Å². The van der Waals surface area contributed by atoms with Crippen molar-refractivity contribution in [1.82, 2.24) is 0 Å². The van der Waals surface area contributed by atoms with E-state index >= 15 is 0 Å². The summed E-state index contributed by atoms with van der Waals surface area (Å²) >= 11 is 1.47. The molecule has 0 aromatic heterocycles. The maximum Gasteiger partial charge on any atom is 0.282 e. The van der Waals surface area contributed by atoms with Gasteiger partial charge in [-0.2, -0.15) is 0 Å². The molecule has 1 heterocycles. The van der Waals surface area contributed by atoms with Gasteiger partial charge < -0.3 is 9.47 Å². The predicted octanol–water partition coefficient (Wildman–Crippen LogP) is 2.84. The van der Waals surface area contributed by atoms with Crippen LogP contribution in [0.25, 0.3) is 0 Å². The van der Waals surface area contributed by atoms with Crippen LogP contribution in [0.1, 0.15) is 12.8 Å². The molecule has 98 valence electrons. The summed E-state index contributed by atoms with van der Waals surface area (Å²) in [4.78, 5) is 11.2. The van der Waals surface area contributed by atoms with Crippen LogP contribution in [-0.2, 0) is 9.47 Å². The number of rotatable bonds is 5. The molecule has 0 amide bonds. The van der Waals surface area contributed by atoms with Crippen molar-refractivity contribution in [1.29, 1.82) is 0 Å². The Balaban J connectivity index is 1.84. The molecule has 1 aliphatic rings. The van der Waals surface area contributed by atoms with E-state index < -0.39 is 0 Å². The predicted molar refractivity (Wildman–Crippen MR) is 68.7 cm³/mol. The Morgan fingerprint density at radius 1 is 1.33 bits per heavy atom. The number of nitro benzene ring substituents is 1. The van der Waals surface area contributed by atoms with Gasteiger partial charge in [-0.15, -0.1) is 11.8 Å². The number of nitrogens with zero attached hydrogens (tertiary/aromatic N) is 1. The van der Waals surface area contributed by atoms with Gasteiger partial charge in [0.1, 0.15) is 0 Å². The number of nitro groups is 1. The molecular formula is C12H15NO4S. The Hall–Kier alpha value is -1.11. The monoisotopic (exact) mass is 269 g/mol. The van der Waals surface area contributed by atoms with E-state index in [0.717, 1.165) is 31.8 Å². The number of benzene rings is 1. The van der Waals surface area contributed by atoms with Gasteiger partial charge in [0, 0.05) is 18.2 Å². The van der Waals surface area contributed by atoms with E-state index in [1.807, 2.05) is 6.07 Å². The molecule has 0 unspecified atom stereocenters. The molecule has 0 saturated carbocycles. The zero-order chi connectivity index (χ0) is 12.8. The van der Waals surface area contributed by atoms with Gasteiger partial charge >= 0.3 is 0 Å². The van der Waals surface area contributed by atoms with Crippen molar-refractivity contribution >= 4 is 17.4 Å². The maximum absolute atomic E-state index is 10.8. The maximum atomic E-state index is 10.8. The fourth-order valence-corrected chi connectivity index (χ4v) is 2.69. The average Bonchev–Trinajstić information content (AvgIpc) is 2.40. The summed E-state index contributed by atoms with van der Waals surface area (Å²) < 4.78 is 10.8. The summed E-state index contributed by atoms with van der Waals surface area (Å²) in [6, 6.07) is 6.78. The van der Waals surface area contributed by atoms with Crippen LogP contribution in [0, 0.1) is 10.1 Å². The van der Waals surface area contributed by atoms with Gasteiger partial charge in [0.15, 0.2) is 6.29 Å². The Morgan fingerprint density at radius 2 is 2.06 bits per heavy atom. The van der Waals surface area contributed by atoms with Crippen molar-refractivity contribution < 1.29 is 14.4 Å². The molecule has 1 fully saturated rings. The van der Waals surface area contributed by atoms with Crippen molar-refractivity contribution in [3.8, 4) is 0 Å². The van der Waals surface area contributed by atoms with Crippen molar-refractivity contribution in [2.75, 3.05) is 19.0 Å². The fourth-order valence-electron chi connectivity index (χ4n) is 1.70. The highest BCUT2D eigenvalue weighted by atomic mass is 32.2. The van der Waals surface area contributed by atoms with Crippen LogP contribution >= 0.6 is 11.8 Å². The van der Waals surface area contributed by atoms with Crippen LogP contribution in [0.5, 0.6) is 0 Å². The standard InChI is InChI=1S/C12H15NO4S/c14-13(15)10-4-1-2-5-11(10)18-9-6-12-16-7-3-8-17-12/h1-2,4-5,12H,3,6-9H2. The van der Waals surface area contributed by atoms with E-state index in [-0.39, 0.29) is 16.9 Å². The summed E-state index contributed by atoms with van der Waals surface area (Å²) in [7, 11) is 0. The topological polar surface area (TPSA) is 61.6 Å². The first-order valence-corrected chi connectivity index (χ1v) is 6.85. The van der Waals surface area contributed by atoms with Crippen LogP contribution in [0.2, 0.25) is 0 Å². The summed E-state index contributed by atoms with van der Waals surface area (Å²) in [6.07, 6.45) is 1.53. The molecule has 0 N–H and O–H groups in total. The average molecular weight is 269 g/mol. The molecule has 0 radical (unpaired) electrons. The fraction of sp³-hybridized carbons (Fsp3) is 0.500. The molecule has 2 rings (SSSR count). The van der Waals surface area contributed by atoms with Crippen LogP contribution in [0.15, 0.2) is 29.2 Å². The molecule has 1 saturated heterocycles. The number of hydrogen-bond donors (Lipinski definition) is 0. The largest absolute Gasteiger partial charge is 0.353 e. The first kappa shape index (κ1) is 13.3. The van der Waals surface area contributed by atoms with Crippen LogP contribution < -0.4 is 0 Å². The minimum atomic E-state index is -0.351. The molecule has 1 aliphatic heterocycles. The first-order valence-electron chi connectivity index (χ1n) is 5.87. The van der Waals surface area contributed by atoms with Gasteiger partial charge in [-0.25, -0.2) is 0 Å². The van der Waals surface area contributed by atoms with E-state index in [2.05, 4.69) is 0 Å². The molecule has 0 atom stereocenters. The van der Waals surface area contributed by atoms with E-state index in [1.165, 1.54) is 17.8 Å². The smallest absolute Gasteiger partial charge is 0.282 e. The Kier molecular flexibility index (Phi) is 4.98. The van der Waals surface area contributed by atoms with Crippen LogP contribution in [-0.4, -0.2) is 30.2 Å². The highest BCUT2D eigenvalue weighted by molar-refractivity contribution is 7.99. The molecule has 18 heavy (non-hydrogen) atoms. The third-order valence-electron chi connectivity index (χ3n) is 2.57. The lowest BCUT2D eigenvalue weighted by atomic mass is 10.3. The highest BCUT2D eigenvalue weighted by Gasteiger charge is 2.16. The zero-order valence-electron chi connectivity index (χ0n) is 9.91. The second-order valence-electron chi connectivity index (χ2n) is 3.89. The zero-order valence-corrected chi connectivity index (χ0v) is 10.7. The Bertz CT molecular complexity index is 407. The lowest BCUT2D eigenvalue weighted by molar-refractivity contribution is -0.387. The van der Waals surface area contributed by atoms with Crippen LogP contribution in [0.3, 0.4) is 0 Å². The minimum absolute atomic E-state index is 0.158. The van der Waals surface area contributed by atoms with E-state index in [4.69, 9.17) is 9.47 Å². The highest BCUT2D eigenvalue weighted by Crippen LogP contribution is 2.29. The van der Waals surface area contributed by atoms with Gasteiger partial charge in [0.25, 0.3) is 5.69 Å². The van der Waals surface area contributed by atoms with E-state index in [0.29, 0.717) is 4.90 Å². The lowest BCUT2D eigenvalue weighted by Crippen LogP contribution is -2.25. The Labute approximate surface area is 110 Å². The van der Waals surface area contributed by atoms with Gasteiger partial charge in [-0.3, -0.25) is 10.1 Å². The third kappa shape index (κ3) is 3.69. The second-order valence-corrected chi connectivity index (χ2v) is 5.02. The van der Waals surface area contributed by atoms with Crippen LogP contribution in [0.4, 0.5) is 5.69 Å². The molecule has 6 heteroatoms. The lowest BCUT2D eigenvalue weighted by Gasteiger charge is -2.22. The normalized spacial score (nSPS) is 16.7. The number of para-hydroxylation sites is 1. The first-order chi connectivity index (χ1) is 8.77. The van der Waals surface area contributed by atoms with Crippen molar-refractivity contribution in [3.63, 3.8) is 0 Å². The summed E-state index contributed by atoms with van der Waals surface area (Å²) in [5.74, 6) is 0.746. The number of ether oxygens (including phenoxy) is 2. The number of thioether (sulfide) groups is 1. The minimum Gasteiger partial charge on any atom is -0.353 e. The SMILES string of the molecule is O=[N+]([O-])c1ccccc1SCCC1OCCCO1. The summed E-state index contributed by atoms with van der Waals surface area (Å²) in [5.41, 5.74) is 0.160. The molecule has 0 aliphatic carbocycles. The molecule has 5 nitrogen and oxygen atoms in total. The Morgan fingerprint density at radius 3 is 2.78 bits per heavy atom. The summed E-state index contributed by atoms with van der Waals surface area (Å²) in [5, 5.41) is 10.8. The molecular weight excluding hydrogens is 254 g/mol. The van der Waals surface area contributed by atoms with Gasteiger partial charge in [0.2, 0.25) is 0 Å². The van der Waals surface area contributed by atoms with Crippen molar-refractivity contribution in [2.45, 2.75) is 24.0 Å². The molecule has 0 spiro atoms.